The molecule has 4 heteroatoms. The molecule has 4 nitrogen and oxygen atoms in total. The zero-order valence-electron chi connectivity index (χ0n) is 12.3. The summed E-state index contributed by atoms with van der Waals surface area (Å²) in [5.41, 5.74) is 5.52. The molecule has 3 rings (SSSR count). The third-order valence-electron chi connectivity index (χ3n) is 3.43. The molecule has 0 amide bonds. The van der Waals surface area contributed by atoms with Crippen molar-refractivity contribution in [2.45, 2.75) is 39.5 Å². The Morgan fingerprint density at radius 3 is 1.40 bits per heavy atom. The van der Waals surface area contributed by atoms with Gasteiger partial charge in [-0.25, -0.2) is 9.97 Å². The highest BCUT2D eigenvalue weighted by Gasteiger charge is 2.08. The first kappa shape index (κ1) is 12.9. The molecule has 0 aromatic carbocycles. The van der Waals surface area contributed by atoms with E-state index in [0.29, 0.717) is 11.8 Å². The molecule has 0 N–H and O–H groups in total. The Labute approximate surface area is 118 Å². The molecule has 3 aromatic heterocycles. The Bertz CT molecular complexity index is 710. The zero-order valence-corrected chi connectivity index (χ0v) is 12.3. The van der Waals surface area contributed by atoms with E-state index < -0.39 is 0 Å². The molecule has 0 unspecified atom stereocenters. The van der Waals surface area contributed by atoms with Gasteiger partial charge in [0, 0.05) is 11.4 Å². The van der Waals surface area contributed by atoms with Crippen molar-refractivity contribution in [1.82, 2.24) is 19.9 Å². The van der Waals surface area contributed by atoms with E-state index in [2.05, 4.69) is 47.6 Å². The van der Waals surface area contributed by atoms with Crippen LogP contribution in [0.1, 0.15) is 50.9 Å². The van der Waals surface area contributed by atoms with E-state index in [1.54, 1.807) is 0 Å². The van der Waals surface area contributed by atoms with Crippen LogP contribution in [-0.4, -0.2) is 19.9 Å². The molecule has 0 saturated heterocycles. The predicted molar refractivity (Wildman–Crippen MR) is 80.8 cm³/mol. The summed E-state index contributed by atoms with van der Waals surface area (Å²) in [4.78, 5) is 18.2. The summed E-state index contributed by atoms with van der Waals surface area (Å²) in [5.74, 6) is 0.775. The van der Waals surface area contributed by atoms with Gasteiger partial charge in [-0.2, -0.15) is 0 Å². The largest absolute Gasteiger partial charge is 0.259 e. The first-order valence-electron chi connectivity index (χ1n) is 6.98. The molecule has 0 spiro atoms. The lowest BCUT2D eigenvalue weighted by Gasteiger charge is -2.08. The van der Waals surface area contributed by atoms with Gasteiger partial charge in [-0.15, -0.1) is 0 Å². The second-order valence-electron chi connectivity index (χ2n) is 5.73. The number of aromatic nitrogens is 4. The zero-order chi connectivity index (χ0) is 14.3. The van der Waals surface area contributed by atoms with E-state index in [-0.39, 0.29) is 0 Å². The van der Waals surface area contributed by atoms with Crippen LogP contribution in [-0.2, 0) is 0 Å². The highest BCUT2D eigenvalue weighted by Crippen LogP contribution is 2.21. The summed E-state index contributed by atoms with van der Waals surface area (Å²) in [6, 6.07) is 4.03. The summed E-state index contributed by atoms with van der Waals surface area (Å²) in [5, 5.41) is 0. The van der Waals surface area contributed by atoms with Gasteiger partial charge >= 0.3 is 0 Å². The number of fused-ring (bicyclic) bond motifs is 2. The molecule has 0 aliphatic rings. The van der Waals surface area contributed by atoms with Gasteiger partial charge in [-0.1, -0.05) is 27.7 Å². The first-order valence-corrected chi connectivity index (χ1v) is 6.98. The monoisotopic (exact) mass is 266 g/mol. The topological polar surface area (TPSA) is 51.6 Å². The van der Waals surface area contributed by atoms with Gasteiger partial charge in [-0.05, 0) is 24.0 Å². The Balaban J connectivity index is 2.22. The van der Waals surface area contributed by atoms with Crippen LogP contribution in [0.25, 0.3) is 22.1 Å². The van der Waals surface area contributed by atoms with Gasteiger partial charge in [0.25, 0.3) is 0 Å². The van der Waals surface area contributed by atoms with Gasteiger partial charge in [0.05, 0.1) is 23.4 Å². The van der Waals surface area contributed by atoms with Crippen LogP contribution >= 0.6 is 0 Å². The van der Waals surface area contributed by atoms with Crippen molar-refractivity contribution >= 4 is 22.1 Å². The number of hydrogen-bond acceptors (Lipinski definition) is 4. The van der Waals surface area contributed by atoms with Crippen LogP contribution in [0.3, 0.4) is 0 Å². The highest BCUT2D eigenvalue weighted by atomic mass is 14.9. The average molecular weight is 266 g/mol. The predicted octanol–water partition coefficient (Wildman–Crippen LogP) is 3.82. The second kappa shape index (κ2) is 4.78. The van der Waals surface area contributed by atoms with E-state index in [9.17, 15) is 0 Å². The molecule has 0 saturated carbocycles. The third kappa shape index (κ3) is 2.22. The van der Waals surface area contributed by atoms with Crippen molar-refractivity contribution in [3.8, 4) is 0 Å². The van der Waals surface area contributed by atoms with Crippen LogP contribution < -0.4 is 0 Å². The second-order valence-corrected chi connectivity index (χ2v) is 5.73. The molecule has 0 bridgehead atoms. The van der Waals surface area contributed by atoms with E-state index in [1.165, 1.54) is 0 Å². The molecular formula is C16H18N4. The average Bonchev–Trinajstić information content (AvgIpc) is 2.43. The lowest BCUT2D eigenvalue weighted by molar-refractivity contribution is 0.823. The summed E-state index contributed by atoms with van der Waals surface area (Å²) < 4.78 is 0. The van der Waals surface area contributed by atoms with E-state index >= 15 is 0 Å². The lowest BCUT2D eigenvalue weighted by Crippen LogP contribution is -1.97. The molecule has 0 fully saturated rings. The Morgan fingerprint density at radius 2 is 1.05 bits per heavy atom. The molecule has 102 valence electrons. The summed E-state index contributed by atoms with van der Waals surface area (Å²) in [6.07, 6.45) is 3.62. The Hall–Kier alpha value is -2.10. The van der Waals surface area contributed by atoms with Gasteiger partial charge in [0.15, 0.2) is 0 Å². The number of pyridine rings is 2. The summed E-state index contributed by atoms with van der Waals surface area (Å²) in [7, 11) is 0. The third-order valence-corrected chi connectivity index (χ3v) is 3.43. The molecular weight excluding hydrogens is 248 g/mol. The standard InChI is InChI=1S/C16H18N4/c1-9(2)11-5-13-15(7-17-11)20-14-6-12(10(3)4)18-8-16(14)19-13/h5-10H,1-4H3. The Morgan fingerprint density at radius 1 is 0.650 bits per heavy atom. The van der Waals surface area contributed by atoms with Gasteiger partial charge in [0.1, 0.15) is 11.0 Å². The van der Waals surface area contributed by atoms with Crippen LogP contribution in [0.5, 0.6) is 0 Å². The first-order chi connectivity index (χ1) is 9.54. The minimum absolute atomic E-state index is 0.387. The number of rotatable bonds is 2. The molecule has 0 aliphatic carbocycles. The molecule has 0 radical (unpaired) electrons. The quantitative estimate of drug-likeness (QED) is 0.662. The van der Waals surface area contributed by atoms with E-state index in [4.69, 9.17) is 0 Å². The van der Waals surface area contributed by atoms with Crippen LogP contribution in [0, 0.1) is 0 Å². The minimum Gasteiger partial charge on any atom is -0.259 e. The van der Waals surface area contributed by atoms with Crippen molar-refractivity contribution in [3.05, 3.63) is 35.9 Å². The van der Waals surface area contributed by atoms with Crippen molar-refractivity contribution in [2.75, 3.05) is 0 Å². The summed E-state index contributed by atoms with van der Waals surface area (Å²) >= 11 is 0. The van der Waals surface area contributed by atoms with Crippen LogP contribution in [0.2, 0.25) is 0 Å². The number of hydrogen-bond donors (Lipinski definition) is 0. The lowest BCUT2D eigenvalue weighted by atomic mass is 10.1. The molecule has 3 heterocycles. The van der Waals surface area contributed by atoms with Crippen molar-refractivity contribution < 1.29 is 0 Å². The summed E-state index contributed by atoms with van der Waals surface area (Å²) in [6.45, 7) is 8.50. The Kier molecular flexibility index (Phi) is 3.08. The molecule has 0 atom stereocenters. The molecule has 3 aromatic rings. The fourth-order valence-electron chi connectivity index (χ4n) is 2.15. The smallest absolute Gasteiger partial charge is 0.108 e. The maximum atomic E-state index is 4.66. The maximum absolute atomic E-state index is 4.66. The van der Waals surface area contributed by atoms with Crippen molar-refractivity contribution in [2.24, 2.45) is 0 Å². The van der Waals surface area contributed by atoms with Gasteiger partial charge < -0.3 is 0 Å². The molecule has 0 aliphatic heterocycles. The van der Waals surface area contributed by atoms with Gasteiger partial charge in [-0.3, -0.25) is 9.97 Å². The SMILES string of the molecule is CC(C)c1cc2nc3cnc(C(C)C)cc3nc2cn1. The van der Waals surface area contributed by atoms with E-state index in [0.717, 1.165) is 33.5 Å². The molecule has 20 heavy (non-hydrogen) atoms. The minimum atomic E-state index is 0.387. The van der Waals surface area contributed by atoms with Crippen molar-refractivity contribution in [1.29, 1.82) is 0 Å². The number of nitrogens with zero attached hydrogens (tertiary/aromatic N) is 4. The fourth-order valence-corrected chi connectivity index (χ4v) is 2.15. The van der Waals surface area contributed by atoms with Crippen molar-refractivity contribution in [3.63, 3.8) is 0 Å². The normalized spacial score (nSPS) is 11.9. The van der Waals surface area contributed by atoms with E-state index in [1.807, 2.05) is 24.5 Å². The van der Waals surface area contributed by atoms with Crippen LogP contribution in [0.15, 0.2) is 24.5 Å². The van der Waals surface area contributed by atoms with Gasteiger partial charge in [0.2, 0.25) is 0 Å². The van der Waals surface area contributed by atoms with Crippen LogP contribution in [0.4, 0.5) is 0 Å². The highest BCUT2D eigenvalue weighted by molar-refractivity contribution is 5.85. The fraction of sp³-hybridized carbons (Fsp3) is 0.375. The maximum Gasteiger partial charge on any atom is 0.108 e.